The van der Waals surface area contributed by atoms with E-state index in [1.165, 1.54) is 13.1 Å². The van der Waals surface area contributed by atoms with Gasteiger partial charge in [-0.2, -0.15) is 0 Å². The van der Waals surface area contributed by atoms with E-state index in [2.05, 4.69) is 26.2 Å². The van der Waals surface area contributed by atoms with Crippen molar-refractivity contribution in [1.29, 1.82) is 0 Å². The van der Waals surface area contributed by atoms with E-state index in [0.29, 0.717) is 10.2 Å². The molecule has 0 bridgehead atoms. The van der Waals surface area contributed by atoms with Crippen molar-refractivity contribution in [3.05, 3.63) is 28.5 Å². The van der Waals surface area contributed by atoms with Crippen LogP contribution < -0.4 is 5.32 Å². The van der Waals surface area contributed by atoms with Crippen molar-refractivity contribution < 1.29 is 14.7 Å². The summed E-state index contributed by atoms with van der Waals surface area (Å²) >= 11 is 3.10. The van der Waals surface area contributed by atoms with Crippen LogP contribution in [0.5, 0.6) is 0 Å². The summed E-state index contributed by atoms with van der Waals surface area (Å²) in [5.74, 6) is -1.55. The van der Waals surface area contributed by atoms with Crippen LogP contribution in [0.3, 0.4) is 0 Å². The van der Waals surface area contributed by atoms with Gasteiger partial charge in [0.05, 0.1) is 5.56 Å². The van der Waals surface area contributed by atoms with Crippen LogP contribution in [0, 0.1) is 0 Å². The molecule has 0 aliphatic carbocycles. The molecule has 0 fully saturated rings. The van der Waals surface area contributed by atoms with E-state index in [-0.39, 0.29) is 0 Å². The summed E-state index contributed by atoms with van der Waals surface area (Å²) in [7, 11) is 0. The monoisotopic (exact) mass is 272 g/mol. The Morgan fingerprint density at radius 3 is 2.80 bits per heavy atom. The predicted molar refractivity (Wildman–Crippen MR) is 56.5 cm³/mol. The van der Waals surface area contributed by atoms with Crippen LogP contribution in [0.15, 0.2) is 22.9 Å². The van der Waals surface area contributed by atoms with E-state index in [0.717, 1.165) is 0 Å². The fourth-order valence-electron chi connectivity index (χ4n) is 0.892. The van der Waals surface area contributed by atoms with Crippen LogP contribution in [0.25, 0.3) is 0 Å². The average Bonchev–Trinajstić information content (AvgIpc) is 2.18. The standard InChI is InChI=1S/C9H9BrN2O3/c1-5(9(14)15)12-8(13)6-3-2-4-11-7(6)10/h2-5H,1H3,(H,12,13)(H,14,15)/t5-/m1/s1. The molecule has 0 saturated heterocycles. The molecule has 1 aromatic rings. The van der Waals surface area contributed by atoms with Gasteiger partial charge >= 0.3 is 5.97 Å². The lowest BCUT2D eigenvalue weighted by Gasteiger charge is -2.09. The first-order chi connectivity index (χ1) is 7.02. The molecule has 0 saturated carbocycles. The Bertz CT molecular complexity index is 395. The van der Waals surface area contributed by atoms with Gasteiger partial charge in [-0.05, 0) is 35.0 Å². The Morgan fingerprint density at radius 2 is 2.27 bits per heavy atom. The van der Waals surface area contributed by atoms with Gasteiger partial charge in [0.15, 0.2) is 0 Å². The number of hydrogen-bond acceptors (Lipinski definition) is 3. The molecule has 0 radical (unpaired) electrons. The third-order valence-electron chi connectivity index (χ3n) is 1.72. The van der Waals surface area contributed by atoms with Gasteiger partial charge < -0.3 is 10.4 Å². The van der Waals surface area contributed by atoms with Gasteiger partial charge in [-0.3, -0.25) is 9.59 Å². The maximum Gasteiger partial charge on any atom is 0.325 e. The van der Waals surface area contributed by atoms with Crippen LogP contribution in [0.2, 0.25) is 0 Å². The Hall–Kier alpha value is -1.43. The second kappa shape index (κ2) is 4.88. The SMILES string of the molecule is C[C@@H](NC(=O)c1cccnc1Br)C(=O)O. The summed E-state index contributed by atoms with van der Waals surface area (Å²) < 4.78 is 0.389. The van der Waals surface area contributed by atoms with Crippen molar-refractivity contribution in [3.8, 4) is 0 Å². The van der Waals surface area contributed by atoms with Crippen molar-refractivity contribution in [3.63, 3.8) is 0 Å². The molecular formula is C9H9BrN2O3. The molecule has 80 valence electrons. The second-order valence-corrected chi connectivity index (χ2v) is 3.63. The second-order valence-electron chi connectivity index (χ2n) is 2.88. The first kappa shape index (κ1) is 11.6. The minimum atomic E-state index is -1.08. The third kappa shape index (κ3) is 3.02. The summed E-state index contributed by atoms with van der Waals surface area (Å²) in [6.07, 6.45) is 1.53. The number of nitrogens with one attached hydrogen (secondary N) is 1. The van der Waals surface area contributed by atoms with Gasteiger partial charge in [0.25, 0.3) is 5.91 Å². The molecule has 1 aromatic heterocycles. The van der Waals surface area contributed by atoms with Gasteiger partial charge in [0.2, 0.25) is 0 Å². The quantitative estimate of drug-likeness (QED) is 0.807. The highest BCUT2D eigenvalue weighted by molar-refractivity contribution is 9.10. The number of carboxylic acid groups (broad SMARTS) is 1. The number of nitrogens with zero attached hydrogens (tertiary/aromatic N) is 1. The van der Waals surface area contributed by atoms with E-state index in [9.17, 15) is 9.59 Å². The van der Waals surface area contributed by atoms with Crippen molar-refractivity contribution >= 4 is 27.8 Å². The van der Waals surface area contributed by atoms with E-state index in [1.807, 2.05) is 0 Å². The molecular weight excluding hydrogens is 264 g/mol. The highest BCUT2D eigenvalue weighted by Gasteiger charge is 2.16. The third-order valence-corrected chi connectivity index (χ3v) is 2.35. The zero-order valence-corrected chi connectivity index (χ0v) is 9.48. The molecule has 2 N–H and O–H groups in total. The number of carbonyl (C=O) groups excluding carboxylic acids is 1. The zero-order chi connectivity index (χ0) is 11.4. The number of hydrogen-bond donors (Lipinski definition) is 2. The van der Waals surface area contributed by atoms with Gasteiger partial charge in [-0.1, -0.05) is 0 Å². The largest absolute Gasteiger partial charge is 0.480 e. The molecule has 1 rings (SSSR count). The number of aromatic nitrogens is 1. The van der Waals surface area contributed by atoms with Crippen molar-refractivity contribution in [1.82, 2.24) is 10.3 Å². The lowest BCUT2D eigenvalue weighted by molar-refractivity contribution is -0.138. The first-order valence-electron chi connectivity index (χ1n) is 4.16. The summed E-state index contributed by atoms with van der Waals surface area (Å²) in [4.78, 5) is 25.9. The molecule has 6 heteroatoms. The number of rotatable bonds is 3. The molecule has 5 nitrogen and oxygen atoms in total. The fourth-order valence-corrected chi connectivity index (χ4v) is 1.32. The minimum absolute atomic E-state index is 0.311. The van der Waals surface area contributed by atoms with Gasteiger partial charge in [-0.15, -0.1) is 0 Å². The molecule has 1 amide bonds. The molecule has 0 spiro atoms. The van der Waals surface area contributed by atoms with Crippen molar-refractivity contribution in [2.24, 2.45) is 0 Å². The van der Waals surface area contributed by atoms with Gasteiger partial charge in [0, 0.05) is 6.20 Å². The maximum atomic E-state index is 11.5. The molecule has 15 heavy (non-hydrogen) atoms. The number of halogens is 1. The molecule has 0 aliphatic heterocycles. The molecule has 0 aliphatic rings. The lowest BCUT2D eigenvalue weighted by Crippen LogP contribution is -2.38. The smallest absolute Gasteiger partial charge is 0.325 e. The van der Waals surface area contributed by atoms with Crippen LogP contribution in [0.4, 0.5) is 0 Å². The van der Waals surface area contributed by atoms with E-state index in [1.54, 1.807) is 12.1 Å². The molecule has 0 unspecified atom stereocenters. The normalized spacial score (nSPS) is 11.9. The summed E-state index contributed by atoms with van der Waals surface area (Å²) in [5.41, 5.74) is 0.311. The van der Waals surface area contributed by atoms with Crippen molar-refractivity contribution in [2.45, 2.75) is 13.0 Å². The number of carbonyl (C=O) groups is 2. The summed E-state index contributed by atoms with van der Waals surface area (Å²) in [6, 6.07) is 2.23. The molecule has 0 aromatic carbocycles. The number of carboxylic acids is 1. The first-order valence-corrected chi connectivity index (χ1v) is 4.96. The van der Waals surface area contributed by atoms with Crippen LogP contribution in [-0.4, -0.2) is 28.0 Å². The number of pyridine rings is 1. The number of amides is 1. The van der Waals surface area contributed by atoms with Crippen molar-refractivity contribution in [2.75, 3.05) is 0 Å². The van der Waals surface area contributed by atoms with Gasteiger partial charge in [-0.25, -0.2) is 4.98 Å². The Morgan fingerprint density at radius 1 is 1.60 bits per heavy atom. The highest BCUT2D eigenvalue weighted by Crippen LogP contribution is 2.12. The fraction of sp³-hybridized carbons (Fsp3) is 0.222. The molecule has 1 atom stereocenters. The topological polar surface area (TPSA) is 79.3 Å². The van der Waals surface area contributed by atoms with E-state index < -0.39 is 17.9 Å². The van der Waals surface area contributed by atoms with E-state index >= 15 is 0 Å². The maximum absolute atomic E-state index is 11.5. The predicted octanol–water partition coefficient (Wildman–Crippen LogP) is 1.05. The number of aliphatic carboxylic acids is 1. The summed E-state index contributed by atoms with van der Waals surface area (Å²) in [5, 5.41) is 10.9. The molecule has 1 heterocycles. The Labute approximate surface area is 94.6 Å². The lowest BCUT2D eigenvalue weighted by atomic mass is 10.2. The van der Waals surface area contributed by atoms with Crippen LogP contribution in [0.1, 0.15) is 17.3 Å². The Balaban J connectivity index is 2.78. The average molecular weight is 273 g/mol. The van der Waals surface area contributed by atoms with E-state index in [4.69, 9.17) is 5.11 Å². The summed E-state index contributed by atoms with van der Waals surface area (Å²) in [6.45, 7) is 1.39. The minimum Gasteiger partial charge on any atom is -0.480 e. The van der Waals surface area contributed by atoms with Crippen LogP contribution in [-0.2, 0) is 4.79 Å². The van der Waals surface area contributed by atoms with Crippen LogP contribution >= 0.6 is 15.9 Å². The highest BCUT2D eigenvalue weighted by atomic mass is 79.9. The van der Waals surface area contributed by atoms with Gasteiger partial charge in [0.1, 0.15) is 10.6 Å². The Kier molecular flexibility index (Phi) is 3.79. The zero-order valence-electron chi connectivity index (χ0n) is 7.90.